The molecule has 3 aromatic rings. The molecule has 0 saturated carbocycles. The van der Waals surface area contributed by atoms with Crippen LogP contribution in [0.4, 0.5) is 10.1 Å². The van der Waals surface area contributed by atoms with E-state index in [1.165, 1.54) is 72.5 Å². The van der Waals surface area contributed by atoms with Crippen molar-refractivity contribution < 1.29 is 27.1 Å². The fraction of sp³-hybridized carbons (Fsp3) is 0.227. The quantitative estimate of drug-likeness (QED) is 0.485. The van der Waals surface area contributed by atoms with Crippen LogP contribution >= 0.6 is 0 Å². The normalized spacial score (nSPS) is 12.4. The van der Waals surface area contributed by atoms with Gasteiger partial charge >= 0.3 is 5.97 Å². The molecule has 1 unspecified atom stereocenters. The molecule has 174 valence electrons. The van der Waals surface area contributed by atoms with Crippen LogP contribution in [0.2, 0.25) is 0 Å². The molecule has 0 aliphatic heterocycles. The number of ether oxygens (including phenoxy) is 1. The van der Waals surface area contributed by atoms with E-state index in [-0.39, 0.29) is 16.6 Å². The van der Waals surface area contributed by atoms with Gasteiger partial charge in [-0.05, 0) is 69.3 Å². The third-order valence-electron chi connectivity index (χ3n) is 4.43. The van der Waals surface area contributed by atoms with Crippen molar-refractivity contribution in [2.45, 2.75) is 37.8 Å². The lowest BCUT2D eigenvalue weighted by Gasteiger charge is -2.15. The number of rotatable bonds is 8. The third-order valence-corrected chi connectivity index (χ3v) is 6.10. The van der Waals surface area contributed by atoms with E-state index < -0.39 is 33.8 Å². The molecule has 9 nitrogen and oxygen atoms in total. The minimum absolute atomic E-state index is 0.0581. The number of nitrogens with one attached hydrogen (secondary N) is 2. The SMILES string of the molecule is CC(C)NS(=O)(=O)c1ccc(NC(=O)C(C)OC(=O)c2cncn2-c2ccc(F)cc2)cc1. The maximum Gasteiger partial charge on any atom is 0.357 e. The lowest BCUT2D eigenvalue weighted by atomic mass is 10.3. The summed E-state index contributed by atoms with van der Waals surface area (Å²) in [5, 5.41) is 2.57. The summed E-state index contributed by atoms with van der Waals surface area (Å²) in [6.07, 6.45) is 1.50. The number of amides is 1. The molecule has 0 spiro atoms. The Balaban J connectivity index is 1.64. The number of aromatic nitrogens is 2. The van der Waals surface area contributed by atoms with Gasteiger partial charge in [0.2, 0.25) is 10.0 Å². The van der Waals surface area contributed by atoms with Gasteiger partial charge in [0.25, 0.3) is 5.91 Å². The van der Waals surface area contributed by atoms with Gasteiger partial charge < -0.3 is 10.1 Å². The summed E-state index contributed by atoms with van der Waals surface area (Å²) in [5.74, 6) is -1.82. The molecule has 33 heavy (non-hydrogen) atoms. The highest BCUT2D eigenvalue weighted by Gasteiger charge is 2.22. The second-order valence-electron chi connectivity index (χ2n) is 7.46. The number of hydrogen-bond acceptors (Lipinski definition) is 6. The van der Waals surface area contributed by atoms with Gasteiger partial charge in [-0.1, -0.05) is 0 Å². The highest BCUT2D eigenvalue weighted by atomic mass is 32.2. The predicted molar refractivity (Wildman–Crippen MR) is 119 cm³/mol. The van der Waals surface area contributed by atoms with Crippen LogP contribution < -0.4 is 10.0 Å². The summed E-state index contributed by atoms with van der Waals surface area (Å²) in [5.41, 5.74) is 0.899. The second-order valence-corrected chi connectivity index (χ2v) is 9.18. The Labute approximate surface area is 190 Å². The van der Waals surface area contributed by atoms with E-state index in [1.54, 1.807) is 13.8 Å². The average molecular weight is 475 g/mol. The Bertz CT molecular complexity index is 1240. The van der Waals surface area contributed by atoms with Gasteiger partial charge in [0.1, 0.15) is 5.82 Å². The maximum absolute atomic E-state index is 13.2. The molecule has 0 bridgehead atoms. The molecule has 1 amide bonds. The molecule has 2 N–H and O–H groups in total. The van der Waals surface area contributed by atoms with Crippen molar-refractivity contribution in [1.29, 1.82) is 0 Å². The average Bonchev–Trinajstić information content (AvgIpc) is 3.24. The summed E-state index contributed by atoms with van der Waals surface area (Å²) in [6, 6.07) is 10.8. The molecule has 0 aliphatic rings. The van der Waals surface area contributed by atoms with E-state index in [9.17, 15) is 22.4 Å². The van der Waals surface area contributed by atoms with E-state index in [0.717, 1.165) is 0 Å². The molecule has 11 heteroatoms. The molecular weight excluding hydrogens is 451 g/mol. The standard InChI is InChI=1S/C22H23FN4O5S/c1-14(2)26-33(30,31)19-10-6-17(7-11-19)25-21(28)15(3)32-22(29)20-12-24-13-27(20)18-8-4-16(23)5-9-18/h4-15,26H,1-3H3,(H,25,28). The molecule has 1 aromatic heterocycles. The maximum atomic E-state index is 13.2. The van der Waals surface area contributed by atoms with Crippen LogP contribution in [0, 0.1) is 5.82 Å². The van der Waals surface area contributed by atoms with Crippen molar-refractivity contribution in [2.75, 3.05) is 5.32 Å². The van der Waals surface area contributed by atoms with Crippen LogP contribution in [-0.2, 0) is 19.6 Å². The molecule has 1 atom stereocenters. The Hall–Kier alpha value is -3.57. The number of esters is 1. The van der Waals surface area contributed by atoms with Crippen molar-refractivity contribution in [2.24, 2.45) is 0 Å². The van der Waals surface area contributed by atoms with Crippen LogP contribution in [0.3, 0.4) is 0 Å². The van der Waals surface area contributed by atoms with E-state index in [1.807, 2.05) is 0 Å². The number of benzene rings is 2. The minimum Gasteiger partial charge on any atom is -0.448 e. The van der Waals surface area contributed by atoms with Gasteiger partial charge in [-0.25, -0.2) is 27.3 Å². The van der Waals surface area contributed by atoms with Crippen LogP contribution in [0.25, 0.3) is 5.69 Å². The highest BCUT2D eigenvalue weighted by molar-refractivity contribution is 7.89. The summed E-state index contributed by atoms with van der Waals surface area (Å²) in [7, 11) is -3.65. The zero-order chi connectivity index (χ0) is 24.2. The first-order chi connectivity index (χ1) is 15.6. The van der Waals surface area contributed by atoms with Crippen molar-refractivity contribution in [3.8, 4) is 5.69 Å². The van der Waals surface area contributed by atoms with Crippen molar-refractivity contribution in [1.82, 2.24) is 14.3 Å². The first kappa shape index (κ1) is 24.1. The Morgan fingerprint density at radius 2 is 1.67 bits per heavy atom. The topological polar surface area (TPSA) is 119 Å². The van der Waals surface area contributed by atoms with Crippen molar-refractivity contribution in [3.05, 3.63) is 72.6 Å². The zero-order valence-corrected chi connectivity index (χ0v) is 19.0. The van der Waals surface area contributed by atoms with Crippen molar-refractivity contribution >= 4 is 27.6 Å². The minimum atomic E-state index is -3.65. The van der Waals surface area contributed by atoms with Gasteiger partial charge in [-0.15, -0.1) is 0 Å². The van der Waals surface area contributed by atoms with E-state index in [4.69, 9.17) is 4.74 Å². The number of sulfonamides is 1. The van der Waals surface area contributed by atoms with Crippen LogP contribution in [0.5, 0.6) is 0 Å². The number of hydrogen-bond donors (Lipinski definition) is 2. The Kier molecular flexibility index (Phi) is 7.24. The second kappa shape index (κ2) is 9.92. The van der Waals surface area contributed by atoms with Crippen LogP contribution in [0.1, 0.15) is 31.3 Å². The fourth-order valence-electron chi connectivity index (χ4n) is 2.87. The van der Waals surface area contributed by atoms with Gasteiger partial charge in [-0.2, -0.15) is 0 Å². The van der Waals surface area contributed by atoms with Gasteiger partial charge in [-0.3, -0.25) is 9.36 Å². The molecule has 0 saturated heterocycles. The monoisotopic (exact) mass is 474 g/mol. The number of imidazole rings is 1. The number of nitrogens with zero attached hydrogens (tertiary/aromatic N) is 2. The lowest BCUT2D eigenvalue weighted by molar-refractivity contribution is -0.123. The van der Waals surface area contributed by atoms with E-state index >= 15 is 0 Å². The van der Waals surface area contributed by atoms with Gasteiger partial charge in [0, 0.05) is 17.4 Å². The lowest BCUT2D eigenvalue weighted by Crippen LogP contribution is -2.31. The summed E-state index contributed by atoms with van der Waals surface area (Å²) >= 11 is 0. The molecule has 0 radical (unpaired) electrons. The number of carbonyl (C=O) groups is 2. The molecule has 2 aromatic carbocycles. The van der Waals surface area contributed by atoms with Crippen molar-refractivity contribution in [3.63, 3.8) is 0 Å². The number of halogens is 1. The number of anilines is 1. The number of carbonyl (C=O) groups excluding carboxylic acids is 2. The van der Waals surface area contributed by atoms with E-state index in [2.05, 4.69) is 15.0 Å². The summed E-state index contributed by atoms with van der Waals surface area (Å²) in [4.78, 5) is 29.0. The summed E-state index contributed by atoms with van der Waals surface area (Å²) < 4.78 is 46.7. The largest absolute Gasteiger partial charge is 0.448 e. The fourth-order valence-corrected chi connectivity index (χ4v) is 4.12. The molecule has 1 heterocycles. The first-order valence-corrected chi connectivity index (χ1v) is 11.5. The smallest absolute Gasteiger partial charge is 0.357 e. The van der Waals surface area contributed by atoms with E-state index in [0.29, 0.717) is 11.4 Å². The molecule has 0 fully saturated rings. The molecule has 3 rings (SSSR count). The molecule has 0 aliphatic carbocycles. The highest BCUT2D eigenvalue weighted by Crippen LogP contribution is 2.16. The van der Waals surface area contributed by atoms with Crippen LogP contribution in [-0.4, -0.2) is 42.0 Å². The predicted octanol–water partition coefficient (Wildman–Crippen LogP) is 2.88. The van der Waals surface area contributed by atoms with Gasteiger partial charge in [0.05, 0.1) is 17.4 Å². The molecular formula is C22H23FN4O5S. The third kappa shape index (κ3) is 6.02. The summed E-state index contributed by atoms with van der Waals surface area (Å²) in [6.45, 7) is 4.82. The Morgan fingerprint density at radius 3 is 2.27 bits per heavy atom. The van der Waals surface area contributed by atoms with Gasteiger partial charge in [0.15, 0.2) is 11.8 Å². The Morgan fingerprint density at radius 1 is 1.03 bits per heavy atom. The zero-order valence-electron chi connectivity index (χ0n) is 18.2. The van der Waals surface area contributed by atoms with Crippen LogP contribution in [0.15, 0.2) is 66.0 Å². The first-order valence-electron chi connectivity index (χ1n) is 9.99.